The summed E-state index contributed by atoms with van der Waals surface area (Å²) in [6, 6.07) is 0. The lowest BCUT2D eigenvalue weighted by atomic mass is 9.99. The second kappa shape index (κ2) is 7.31. The summed E-state index contributed by atoms with van der Waals surface area (Å²) >= 11 is 0. The Hall–Kier alpha value is -1.52. The van der Waals surface area contributed by atoms with Gasteiger partial charge >= 0.3 is 11.9 Å². The summed E-state index contributed by atoms with van der Waals surface area (Å²) in [6.07, 6.45) is -6.14. The number of hydrogen-bond acceptors (Lipinski definition) is 9. The highest BCUT2D eigenvalue weighted by Gasteiger charge is 2.45. The van der Waals surface area contributed by atoms with Gasteiger partial charge in [-0.2, -0.15) is 0 Å². The lowest BCUT2D eigenvalue weighted by Gasteiger charge is -2.39. The van der Waals surface area contributed by atoms with E-state index in [0.29, 0.717) is 0 Å². The molecule has 0 aromatic carbocycles. The molecule has 1 aliphatic heterocycles. The van der Waals surface area contributed by atoms with Crippen molar-refractivity contribution in [3.8, 4) is 0 Å². The number of carbonyl (C=O) groups excluding carboxylic acids is 2. The molecular formula is C11H16O9. The van der Waals surface area contributed by atoms with Crippen molar-refractivity contribution in [1.29, 1.82) is 0 Å². The number of aliphatic hydroxyl groups is 4. The van der Waals surface area contributed by atoms with E-state index < -0.39 is 49.3 Å². The van der Waals surface area contributed by atoms with Gasteiger partial charge in [-0.05, 0) is 0 Å². The molecule has 20 heavy (non-hydrogen) atoms. The molecule has 9 heteroatoms. The molecule has 0 aliphatic carbocycles. The first kappa shape index (κ1) is 16.5. The van der Waals surface area contributed by atoms with Gasteiger partial charge in [0.2, 0.25) is 0 Å². The molecular weight excluding hydrogens is 276 g/mol. The highest BCUT2D eigenvalue weighted by Crippen LogP contribution is 2.22. The molecule has 0 bridgehead atoms. The third-order valence-electron chi connectivity index (χ3n) is 2.65. The van der Waals surface area contributed by atoms with Crippen LogP contribution in [0.25, 0.3) is 0 Å². The summed E-state index contributed by atoms with van der Waals surface area (Å²) in [4.78, 5) is 22.2. The second-order valence-electron chi connectivity index (χ2n) is 3.99. The molecule has 1 fully saturated rings. The maximum absolute atomic E-state index is 11.4. The molecule has 0 spiro atoms. The molecule has 5 atom stereocenters. The molecule has 1 saturated heterocycles. The molecule has 5 unspecified atom stereocenters. The van der Waals surface area contributed by atoms with Crippen molar-refractivity contribution in [2.24, 2.45) is 0 Å². The van der Waals surface area contributed by atoms with Crippen LogP contribution in [0.5, 0.6) is 0 Å². The fraction of sp³-hybridized carbons (Fsp3) is 0.636. The fourth-order valence-corrected chi connectivity index (χ4v) is 1.58. The van der Waals surface area contributed by atoms with Gasteiger partial charge in [-0.3, -0.25) is 0 Å². The Bertz CT molecular complexity index is 380. The zero-order valence-corrected chi connectivity index (χ0v) is 10.6. The van der Waals surface area contributed by atoms with Crippen LogP contribution in [0, 0.1) is 0 Å². The smallest absolute Gasteiger partial charge is 0.331 e. The first-order valence-electron chi connectivity index (χ1n) is 5.67. The van der Waals surface area contributed by atoms with Crippen molar-refractivity contribution in [1.82, 2.24) is 0 Å². The Balaban J connectivity index is 2.70. The Morgan fingerprint density at radius 1 is 1.15 bits per heavy atom. The molecule has 1 rings (SSSR count). The molecule has 1 aliphatic rings. The number of ether oxygens (including phenoxy) is 3. The van der Waals surface area contributed by atoms with Crippen molar-refractivity contribution < 1.29 is 44.2 Å². The largest absolute Gasteiger partial charge is 0.466 e. The number of rotatable bonds is 4. The zero-order valence-electron chi connectivity index (χ0n) is 10.6. The molecule has 1 heterocycles. The van der Waals surface area contributed by atoms with Crippen LogP contribution in [0.2, 0.25) is 0 Å². The van der Waals surface area contributed by atoms with Crippen LogP contribution < -0.4 is 0 Å². The van der Waals surface area contributed by atoms with E-state index in [1.54, 1.807) is 0 Å². The van der Waals surface area contributed by atoms with Crippen LogP contribution >= 0.6 is 0 Å². The van der Waals surface area contributed by atoms with Crippen LogP contribution in [0.4, 0.5) is 0 Å². The van der Waals surface area contributed by atoms with E-state index in [0.717, 1.165) is 19.3 Å². The van der Waals surface area contributed by atoms with E-state index in [1.807, 2.05) is 0 Å². The summed E-state index contributed by atoms with van der Waals surface area (Å²) in [5.74, 6) is -1.83. The normalized spacial score (nSPS) is 34.0. The van der Waals surface area contributed by atoms with Gasteiger partial charge in [0.15, 0.2) is 12.4 Å². The van der Waals surface area contributed by atoms with Crippen molar-refractivity contribution >= 4 is 11.9 Å². The predicted octanol–water partition coefficient (Wildman–Crippen LogP) is -2.94. The average Bonchev–Trinajstić information content (AvgIpc) is 2.44. The third kappa shape index (κ3) is 3.99. The van der Waals surface area contributed by atoms with Crippen LogP contribution in [-0.4, -0.2) is 76.8 Å². The van der Waals surface area contributed by atoms with Crippen LogP contribution in [-0.2, 0) is 23.8 Å². The van der Waals surface area contributed by atoms with E-state index >= 15 is 0 Å². The number of methoxy groups -OCH3 is 1. The minimum Gasteiger partial charge on any atom is -0.466 e. The third-order valence-corrected chi connectivity index (χ3v) is 2.65. The standard InChI is InChI=1S/C11H16O9/c1-18-6(13)2-3-7(14)20-10-8(15)5(4-12)19-11(17)9(10)16/h2-3,5,8-12,15-17H,4H2,1H3. The molecule has 0 aromatic heterocycles. The summed E-state index contributed by atoms with van der Waals surface area (Å²) < 4.78 is 13.7. The lowest BCUT2D eigenvalue weighted by molar-refractivity contribution is -0.289. The maximum Gasteiger partial charge on any atom is 0.331 e. The molecule has 4 N–H and O–H groups in total. The van der Waals surface area contributed by atoms with E-state index in [4.69, 9.17) is 14.6 Å². The summed E-state index contributed by atoms with van der Waals surface area (Å²) in [7, 11) is 1.12. The Morgan fingerprint density at radius 3 is 2.30 bits per heavy atom. The van der Waals surface area contributed by atoms with Gasteiger partial charge in [-0.1, -0.05) is 0 Å². The number of carbonyl (C=O) groups is 2. The minimum absolute atomic E-state index is 0.642. The summed E-state index contributed by atoms with van der Waals surface area (Å²) in [5.41, 5.74) is 0. The Morgan fingerprint density at radius 2 is 1.75 bits per heavy atom. The first-order chi connectivity index (χ1) is 9.40. The summed E-state index contributed by atoms with van der Waals surface area (Å²) in [6.45, 7) is -0.642. The highest BCUT2D eigenvalue weighted by atomic mass is 16.7. The number of aliphatic hydroxyl groups excluding tert-OH is 4. The predicted molar refractivity (Wildman–Crippen MR) is 61.0 cm³/mol. The van der Waals surface area contributed by atoms with Crippen molar-refractivity contribution in [3.63, 3.8) is 0 Å². The lowest BCUT2D eigenvalue weighted by Crippen LogP contribution is -2.59. The Labute approximate surface area is 114 Å². The Kier molecular flexibility index (Phi) is 6.05. The SMILES string of the molecule is COC(=O)C=CC(=O)OC1C(O)C(O)OC(CO)C1O. The van der Waals surface area contributed by atoms with Crippen molar-refractivity contribution in [3.05, 3.63) is 12.2 Å². The van der Waals surface area contributed by atoms with Gasteiger partial charge in [0.05, 0.1) is 13.7 Å². The average molecular weight is 292 g/mol. The maximum atomic E-state index is 11.4. The molecule has 0 amide bonds. The first-order valence-corrected chi connectivity index (χ1v) is 5.67. The van der Waals surface area contributed by atoms with E-state index in [1.165, 1.54) is 0 Å². The monoisotopic (exact) mass is 292 g/mol. The van der Waals surface area contributed by atoms with Crippen molar-refractivity contribution in [2.75, 3.05) is 13.7 Å². The van der Waals surface area contributed by atoms with Crippen LogP contribution in [0.15, 0.2) is 12.2 Å². The highest BCUT2D eigenvalue weighted by molar-refractivity contribution is 5.91. The molecule has 0 radical (unpaired) electrons. The topological polar surface area (TPSA) is 143 Å². The van der Waals surface area contributed by atoms with Gasteiger partial charge in [0, 0.05) is 12.2 Å². The molecule has 9 nitrogen and oxygen atoms in total. The van der Waals surface area contributed by atoms with E-state index in [2.05, 4.69) is 4.74 Å². The molecule has 0 aromatic rings. The summed E-state index contributed by atoms with van der Waals surface area (Å²) in [5, 5.41) is 37.6. The molecule has 114 valence electrons. The van der Waals surface area contributed by atoms with Gasteiger partial charge < -0.3 is 34.6 Å². The van der Waals surface area contributed by atoms with E-state index in [-0.39, 0.29) is 0 Å². The van der Waals surface area contributed by atoms with Crippen molar-refractivity contribution in [2.45, 2.75) is 30.7 Å². The number of hydrogen-bond donors (Lipinski definition) is 4. The molecule has 0 saturated carbocycles. The van der Waals surface area contributed by atoms with Crippen LogP contribution in [0.1, 0.15) is 0 Å². The van der Waals surface area contributed by atoms with Gasteiger partial charge in [0.1, 0.15) is 18.3 Å². The second-order valence-corrected chi connectivity index (χ2v) is 3.99. The fourth-order valence-electron chi connectivity index (χ4n) is 1.58. The minimum atomic E-state index is -1.72. The zero-order chi connectivity index (χ0) is 15.3. The van der Waals surface area contributed by atoms with Gasteiger partial charge in [0.25, 0.3) is 0 Å². The van der Waals surface area contributed by atoms with Gasteiger partial charge in [-0.15, -0.1) is 0 Å². The van der Waals surface area contributed by atoms with Gasteiger partial charge in [-0.25, -0.2) is 9.59 Å². The number of esters is 2. The van der Waals surface area contributed by atoms with E-state index in [9.17, 15) is 24.9 Å². The van der Waals surface area contributed by atoms with Crippen LogP contribution in [0.3, 0.4) is 0 Å². The quantitative estimate of drug-likeness (QED) is 0.316.